The number of hydrogen-bond donors (Lipinski definition) is 0. The molecule has 3 rings (SSSR count). The molecule has 1 aliphatic rings. The van der Waals surface area contributed by atoms with E-state index in [1.807, 2.05) is 0 Å². The Morgan fingerprint density at radius 2 is 2.30 bits per heavy atom. The van der Waals surface area contributed by atoms with Gasteiger partial charge in [0.05, 0.1) is 12.6 Å². The predicted molar refractivity (Wildman–Crippen MR) is 76.2 cm³/mol. The van der Waals surface area contributed by atoms with Crippen LogP contribution >= 0.6 is 0 Å². The van der Waals surface area contributed by atoms with Crippen LogP contribution in [0.5, 0.6) is 0 Å². The van der Waals surface area contributed by atoms with Gasteiger partial charge in [-0.3, -0.25) is 4.90 Å². The lowest BCUT2D eigenvalue weighted by Crippen LogP contribution is -2.24. The van der Waals surface area contributed by atoms with Crippen LogP contribution in [0, 0.1) is 0 Å². The van der Waals surface area contributed by atoms with Crippen molar-refractivity contribution in [2.75, 3.05) is 6.54 Å². The topological polar surface area (TPSA) is 47.1 Å². The molecule has 0 radical (unpaired) electrons. The van der Waals surface area contributed by atoms with E-state index in [1.54, 1.807) is 0 Å². The van der Waals surface area contributed by atoms with Gasteiger partial charge in [0, 0.05) is 24.9 Å². The fourth-order valence-corrected chi connectivity index (χ4v) is 2.91. The third-order valence-electron chi connectivity index (χ3n) is 4.03. The second kappa shape index (κ2) is 5.40. The summed E-state index contributed by atoms with van der Waals surface area (Å²) in [5, 5.41) is 4.05. The molecule has 1 atom stereocenters. The van der Waals surface area contributed by atoms with Gasteiger partial charge in [0.1, 0.15) is 0 Å². The van der Waals surface area contributed by atoms with E-state index >= 15 is 0 Å². The molecule has 0 aliphatic carbocycles. The van der Waals surface area contributed by atoms with Crippen LogP contribution in [-0.2, 0) is 13.6 Å². The summed E-state index contributed by atoms with van der Waals surface area (Å²) in [6.07, 6.45) is 4.53. The van der Waals surface area contributed by atoms with Crippen molar-refractivity contribution in [2.45, 2.75) is 45.2 Å². The zero-order valence-electron chi connectivity index (χ0n) is 12.4. The van der Waals surface area contributed by atoms with Crippen molar-refractivity contribution in [3.63, 3.8) is 0 Å². The van der Waals surface area contributed by atoms with Crippen molar-refractivity contribution < 1.29 is 4.52 Å². The summed E-state index contributed by atoms with van der Waals surface area (Å²) in [6.45, 7) is 6.00. The number of aryl methyl sites for hydroxylation is 1. The highest BCUT2D eigenvalue weighted by Crippen LogP contribution is 2.32. The minimum absolute atomic E-state index is 0.315. The van der Waals surface area contributed by atoms with Crippen LogP contribution in [-0.4, -0.2) is 26.2 Å². The Morgan fingerprint density at radius 1 is 1.45 bits per heavy atom. The summed E-state index contributed by atoms with van der Waals surface area (Å²) in [4.78, 5) is 6.92. The van der Waals surface area contributed by atoms with Gasteiger partial charge >= 0.3 is 0 Å². The molecule has 0 unspecified atom stereocenters. The Balaban J connectivity index is 1.74. The lowest BCUT2D eigenvalue weighted by Gasteiger charge is -2.23. The van der Waals surface area contributed by atoms with Crippen molar-refractivity contribution in [3.05, 3.63) is 35.7 Å². The first kappa shape index (κ1) is 13.4. The maximum Gasteiger partial charge on any atom is 0.240 e. The summed E-state index contributed by atoms with van der Waals surface area (Å²) in [5.74, 6) is 1.85. The molecule has 0 spiro atoms. The first-order valence-corrected chi connectivity index (χ1v) is 7.33. The number of hydrogen-bond acceptors (Lipinski definition) is 4. The zero-order valence-corrected chi connectivity index (χ0v) is 12.4. The van der Waals surface area contributed by atoms with E-state index in [9.17, 15) is 0 Å². The quantitative estimate of drug-likeness (QED) is 0.860. The van der Waals surface area contributed by atoms with E-state index in [2.05, 4.69) is 58.8 Å². The van der Waals surface area contributed by atoms with E-state index in [0.717, 1.165) is 24.8 Å². The highest BCUT2D eigenvalue weighted by molar-refractivity contribution is 5.13. The minimum Gasteiger partial charge on any atom is -0.353 e. The van der Waals surface area contributed by atoms with E-state index in [4.69, 9.17) is 4.52 Å². The van der Waals surface area contributed by atoms with E-state index in [1.165, 1.54) is 18.5 Å². The summed E-state index contributed by atoms with van der Waals surface area (Å²) < 4.78 is 7.58. The molecule has 0 saturated carbocycles. The van der Waals surface area contributed by atoms with E-state index in [0.29, 0.717) is 12.0 Å². The van der Waals surface area contributed by atoms with Crippen molar-refractivity contribution in [2.24, 2.45) is 7.05 Å². The van der Waals surface area contributed by atoms with Gasteiger partial charge in [-0.25, -0.2) is 0 Å². The van der Waals surface area contributed by atoms with Gasteiger partial charge in [0.25, 0.3) is 0 Å². The standard InChI is InChI=1S/C15H22N4O/c1-11(2)15-16-14(20-17-15)10-19-9-5-7-13(19)12-6-4-8-18(12)3/h4,6,8,11,13H,5,7,9-10H2,1-3H3/t13-/m0/s1. The van der Waals surface area contributed by atoms with E-state index in [-0.39, 0.29) is 0 Å². The average Bonchev–Trinajstić information content (AvgIpc) is 3.10. The maximum atomic E-state index is 5.37. The van der Waals surface area contributed by atoms with Gasteiger partial charge in [-0.15, -0.1) is 0 Å². The molecular weight excluding hydrogens is 252 g/mol. The first-order valence-electron chi connectivity index (χ1n) is 7.33. The molecule has 1 fully saturated rings. The number of rotatable bonds is 4. The Morgan fingerprint density at radius 3 is 2.95 bits per heavy atom. The van der Waals surface area contributed by atoms with Gasteiger partial charge < -0.3 is 9.09 Å². The lowest BCUT2D eigenvalue weighted by molar-refractivity contribution is 0.207. The SMILES string of the molecule is CC(C)c1noc(CN2CCC[C@H]2c2cccn2C)n1. The Kier molecular flexibility index (Phi) is 3.61. The fourth-order valence-electron chi connectivity index (χ4n) is 2.91. The summed E-state index contributed by atoms with van der Waals surface area (Å²) in [6, 6.07) is 4.77. The smallest absolute Gasteiger partial charge is 0.240 e. The second-order valence-corrected chi connectivity index (χ2v) is 5.87. The van der Waals surface area contributed by atoms with Crippen LogP contribution < -0.4 is 0 Å². The molecule has 108 valence electrons. The van der Waals surface area contributed by atoms with Crippen LogP contribution in [0.1, 0.15) is 56.1 Å². The van der Waals surface area contributed by atoms with Crippen LogP contribution in [0.4, 0.5) is 0 Å². The number of nitrogens with zero attached hydrogens (tertiary/aromatic N) is 4. The molecule has 20 heavy (non-hydrogen) atoms. The minimum atomic E-state index is 0.315. The monoisotopic (exact) mass is 274 g/mol. The molecule has 5 heteroatoms. The van der Waals surface area contributed by atoms with Crippen molar-refractivity contribution >= 4 is 0 Å². The van der Waals surface area contributed by atoms with Crippen LogP contribution in [0.25, 0.3) is 0 Å². The molecule has 0 N–H and O–H groups in total. The number of likely N-dealkylation sites (tertiary alicyclic amines) is 1. The average molecular weight is 274 g/mol. The molecule has 5 nitrogen and oxygen atoms in total. The Bertz CT molecular complexity index is 572. The summed E-state index contributed by atoms with van der Waals surface area (Å²) >= 11 is 0. The van der Waals surface area contributed by atoms with Gasteiger partial charge in [0.2, 0.25) is 5.89 Å². The third-order valence-corrected chi connectivity index (χ3v) is 4.03. The predicted octanol–water partition coefficient (Wildman–Crippen LogP) is 2.87. The lowest BCUT2D eigenvalue weighted by atomic mass is 10.1. The Labute approximate surface area is 119 Å². The third kappa shape index (κ3) is 2.50. The van der Waals surface area contributed by atoms with E-state index < -0.39 is 0 Å². The number of aromatic nitrogens is 3. The molecule has 3 heterocycles. The second-order valence-electron chi connectivity index (χ2n) is 5.87. The highest BCUT2D eigenvalue weighted by Gasteiger charge is 2.29. The van der Waals surface area contributed by atoms with Crippen molar-refractivity contribution in [3.8, 4) is 0 Å². The normalized spacial score (nSPS) is 20.1. The molecule has 0 amide bonds. The molecule has 0 bridgehead atoms. The molecule has 2 aromatic heterocycles. The zero-order chi connectivity index (χ0) is 14.1. The van der Waals surface area contributed by atoms with Crippen molar-refractivity contribution in [1.29, 1.82) is 0 Å². The molecule has 0 aromatic carbocycles. The van der Waals surface area contributed by atoms with Gasteiger partial charge in [0.15, 0.2) is 5.82 Å². The van der Waals surface area contributed by atoms with Crippen LogP contribution in [0.3, 0.4) is 0 Å². The fraction of sp³-hybridized carbons (Fsp3) is 0.600. The summed E-state index contributed by atoms with van der Waals surface area (Å²) in [7, 11) is 2.11. The molecule has 1 aliphatic heterocycles. The highest BCUT2D eigenvalue weighted by atomic mass is 16.5. The van der Waals surface area contributed by atoms with Gasteiger partial charge in [-0.2, -0.15) is 4.98 Å². The van der Waals surface area contributed by atoms with Crippen LogP contribution in [0.15, 0.2) is 22.9 Å². The first-order chi connectivity index (χ1) is 9.65. The van der Waals surface area contributed by atoms with Gasteiger partial charge in [-0.05, 0) is 31.5 Å². The van der Waals surface area contributed by atoms with Crippen molar-refractivity contribution in [1.82, 2.24) is 19.6 Å². The summed E-state index contributed by atoms with van der Waals surface area (Å²) in [5.41, 5.74) is 1.37. The maximum absolute atomic E-state index is 5.37. The molecule has 2 aromatic rings. The van der Waals surface area contributed by atoms with Gasteiger partial charge in [-0.1, -0.05) is 19.0 Å². The van der Waals surface area contributed by atoms with Crippen LogP contribution in [0.2, 0.25) is 0 Å². The molecule has 1 saturated heterocycles. The molecular formula is C15H22N4O. The Hall–Kier alpha value is -1.62. The largest absolute Gasteiger partial charge is 0.353 e.